The van der Waals surface area contributed by atoms with Crippen molar-refractivity contribution < 1.29 is 4.74 Å². The van der Waals surface area contributed by atoms with Gasteiger partial charge in [0.2, 0.25) is 5.95 Å². The molecule has 0 atom stereocenters. The lowest BCUT2D eigenvalue weighted by Crippen LogP contribution is -2.14. The van der Waals surface area contributed by atoms with Gasteiger partial charge in [-0.25, -0.2) is 4.98 Å². The molecule has 0 radical (unpaired) electrons. The third-order valence-corrected chi connectivity index (χ3v) is 2.59. The van der Waals surface area contributed by atoms with Crippen LogP contribution in [0.5, 0.6) is 0 Å². The van der Waals surface area contributed by atoms with Crippen LogP contribution < -0.4 is 5.32 Å². The van der Waals surface area contributed by atoms with Crippen LogP contribution in [-0.4, -0.2) is 29.3 Å². The van der Waals surface area contributed by atoms with E-state index in [-0.39, 0.29) is 0 Å². The standard InChI is InChI=1S/C14H25N3O/c1-5-8-17-11-13(4)16-14(17)15-7-10-18-9-6-12(2)3/h5,11-12H,1,6-10H2,2-4H3,(H,15,16). The average Bonchev–Trinajstić information content (AvgIpc) is 2.64. The Labute approximate surface area is 110 Å². The number of anilines is 1. The summed E-state index contributed by atoms with van der Waals surface area (Å²) < 4.78 is 7.61. The Morgan fingerprint density at radius 3 is 2.94 bits per heavy atom. The van der Waals surface area contributed by atoms with Crippen molar-refractivity contribution in [1.82, 2.24) is 9.55 Å². The number of allylic oxidation sites excluding steroid dienone is 1. The topological polar surface area (TPSA) is 39.1 Å². The molecule has 1 rings (SSSR count). The smallest absolute Gasteiger partial charge is 0.203 e. The van der Waals surface area contributed by atoms with E-state index in [1.54, 1.807) is 0 Å². The highest BCUT2D eigenvalue weighted by atomic mass is 16.5. The molecule has 0 saturated heterocycles. The molecule has 0 amide bonds. The van der Waals surface area contributed by atoms with Gasteiger partial charge in [0.1, 0.15) is 0 Å². The molecule has 0 aliphatic carbocycles. The Hall–Kier alpha value is -1.29. The van der Waals surface area contributed by atoms with Gasteiger partial charge in [-0.3, -0.25) is 0 Å². The van der Waals surface area contributed by atoms with Crippen LogP contribution in [0.3, 0.4) is 0 Å². The van der Waals surface area contributed by atoms with E-state index < -0.39 is 0 Å². The van der Waals surface area contributed by atoms with Crippen molar-refractivity contribution in [2.75, 3.05) is 25.1 Å². The predicted molar refractivity (Wildman–Crippen MR) is 75.9 cm³/mol. The third kappa shape index (κ3) is 5.36. The minimum Gasteiger partial charge on any atom is -0.380 e. The van der Waals surface area contributed by atoms with Crippen molar-refractivity contribution in [3.63, 3.8) is 0 Å². The van der Waals surface area contributed by atoms with Gasteiger partial charge in [0, 0.05) is 25.9 Å². The number of nitrogens with zero attached hydrogens (tertiary/aromatic N) is 2. The first-order valence-corrected chi connectivity index (χ1v) is 6.59. The SMILES string of the molecule is C=CCn1cc(C)nc1NCCOCCC(C)C. The zero-order valence-electron chi connectivity index (χ0n) is 11.8. The van der Waals surface area contributed by atoms with Gasteiger partial charge in [-0.15, -0.1) is 6.58 Å². The van der Waals surface area contributed by atoms with E-state index in [9.17, 15) is 0 Å². The van der Waals surface area contributed by atoms with Gasteiger partial charge < -0.3 is 14.6 Å². The molecule has 0 bridgehead atoms. The molecule has 1 aromatic rings. The predicted octanol–water partition coefficient (Wildman–Crippen LogP) is 2.85. The molecule has 0 unspecified atom stereocenters. The molecule has 0 aliphatic rings. The van der Waals surface area contributed by atoms with Crippen molar-refractivity contribution in [2.24, 2.45) is 5.92 Å². The Morgan fingerprint density at radius 1 is 1.50 bits per heavy atom. The zero-order chi connectivity index (χ0) is 13.4. The van der Waals surface area contributed by atoms with Crippen LogP contribution in [0.1, 0.15) is 26.0 Å². The maximum Gasteiger partial charge on any atom is 0.203 e. The maximum atomic E-state index is 5.55. The van der Waals surface area contributed by atoms with Crippen LogP contribution in [0.15, 0.2) is 18.9 Å². The summed E-state index contributed by atoms with van der Waals surface area (Å²) in [5, 5.41) is 3.29. The van der Waals surface area contributed by atoms with Crippen molar-refractivity contribution in [1.29, 1.82) is 0 Å². The van der Waals surface area contributed by atoms with E-state index in [0.717, 1.165) is 37.8 Å². The molecule has 1 N–H and O–H groups in total. The van der Waals surface area contributed by atoms with Gasteiger partial charge in [0.05, 0.1) is 12.3 Å². The normalized spacial score (nSPS) is 10.9. The molecular weight excluding hydrogens is 226 g/mol. The lowest BCUT2D eigenvalue weighted by Gasteiger charge is -2.09. The maximum absolute atomic E-state index is 5.55. The summed E-state index contributed by atoms with van der Waals surface area (Å²) >= 11 is 0. The van der Waals surface area contributed by atoms with Crippen molar-refractivity contribution >= 4 is 5.95 Å². The molecule has 0 spiro atoms. The van der Waals surface area contributed by atoms with Crippen LogP contribution in [0.2, 0.25) is 0 Å². The molecule has 102 valence electrons. The molecule has 0 aromatic carbocycles. The number of aromatic nitrogens is 2. The van der Waals surface area contributed by atoms with Crippen LogP contribution in [0.4, 0.5) is 5.95 Å². The molecule has 0 aliphatic heterocycles. The monoisotopic (exact) mass is 251 g/mol. The molecule has 1 aromatic heterocycles. The number of nitrogens with one attached hydrogen (secondary N) is 1. The number of imidazole rings is 1. The molecule has 0 saturated carbocycles. The highest BCUT2D eigenvalue weighted by molar-refractivity contribution is 5.28. The second-order valence-electron chi connectivity index (χ2n) is 4.87. The Bertz CT molecular complexity index is 358. The van der Waals surface area contributed by atoms with Gasteiger partial charge >= 0.3 is 0 Å². The van der Waals surface area contributed by atoms with E-state index in [0.29, 0.717) is 12.5 Å². The summed E-state index contributed by atoms with van der Waals surface area (Å²) in [6.45, 7) is 13.2. The number of ether oxygens (including phenoxy) is 1. The fraction of sp³-hybridized carbons (Fsp3) is 0.643. The third-order valence-electron chi connectivity index (χ3n) is 2.59. The van der Waals surface area contributed by atoms with Crippen LogP contribution in [0, 0.1) is 12.8 Å². The number of rotatable bonds is 9. The van der Waals surface area contributed by atoms with Gasteiger partial charge in [-0.05, 0) is 19.3 Å². The van der Waals surface area contributed by atoms with Gasteiger partial charge in [0.25, 0.3) is 0 Å². The Kier molecular flexibility index (Phi) is 6.50. The molecule has 4 heteroatoms. The first kappa shape index (κ1) is 14.8. The highest BCUT2D eigenvalue weighted by Crippen LogP contribution is 2.08. The van der Waals surface area contributed by atoms with E-state index in [1.807, 2.05) is 19.2 Å². The minimum atomic E-state index is 0.701. The second kappa shape index (κ2) is 7.93. The van der Waals surface area contributed by atoms with E-state index >= 15 is 0 Å². The quantitative estimate of drug-likeness (QED) is 0.542. The lowest BCUT2D eigenvalue weighted by molar-refractivity contribution is 0.132. The molecule has 4 nitrogen and oxygen atoms in total. The first-order chi connectivity index (χ1) is 8.63. The lowest BCUT2D eigenvalue weighted by atomic mass is 10.1. The fourth-order valence-corrected chi connectivity index (χ4v) is 1.62. The van der Waals surface area contributed by atoms with Gasteiger partial charge in [0.15, 0.2) is 0 Å². The number of hydrogen-bond donors (Lipinski definition) is 1. The van der Waals surface area contributed by atoms with Crippen LogP contribution in [-0.2, 0) is 11.3 Å². The summed E-state index contributed by atoms with van der Waals surface area (Å²) in [7, 11) is 0. The van der Waals surface area contributed by atoms with Gasteiger partial charge in [-0.2, -0.15) is 0 Å². The molecular formula is C14H25N3O. The molecule has 1 heterocycles. The summed E-state index contributed by atoms with van der Waals surface area (Å²) in [6, 6.07) is 0. The molecule has 0 fully saturated rings. The average molecular weight is 251 g/mol. The zero-order valence-corrected chi connectivity index (χ0v) is 11.8. The van der Waals surface area contributed by atoms with Crippen LogP contribution >= 0.6 is 0 Å². The Morgan fingerprint density at radius 2 is 2.28 bits per heavy atom. The largest absolute Gasteiger partial charge is 0.380 e. The number of hydrogen-bond acceptors (Lipinski definition) is 3. The summed E-state index contributed by atoms with van der Waals surface area (Å²) in [5.41, 5.74) is 1.01. The summed E-state index contributed by atoms with van der Waals surface area (Å²) in [6.07, 6.45) is 5.00. The van der Waals surface area contributed by atoms with Crippen LogP contribution in [0.25, 0.3) is 0 Å². The van der Waals surface area contributed by atoms with Gasteiger partial charge in [-0.1, -0.05) is 19.9 Å². The molecule has 18 heavy (non-hydrogen) atoms. The first-order valence-electron chi connectivity index (χ1n) is 6.59. The Balaban J connectivity index is 2.24. The van der Waals surface area contributed by atoms with Crippen molar-refractivity contribution in [3.05, 3.63) is 24.5 Å². The van der Waals surface area contributed by atoms with E-state index in [2.05, 4.69) is 35.3 Å². The summed E-state index contributed by atoms with van der Waals surface area (Å²) in [4.78, 5) is 4.42. The fourth-order valence-electron chi connectivity index (χ4n) is 1.62. The minimum absolute atomic E-state index is 0.701. The summed E-state index contributed by atoms with van der Waals surface area (Å²) in [5.74, 6) is 1.59. The van der Waals surface area contributed by atoms with E-state index in [1.165, 1.54) is 0 Å². The van der Waals surface area contributed by atoms with E-state index in [4.69, 9.17) is 4.74 Å². The highest BCUT2D eigenvalue weighted by Gasteiger charge is 2.03. The second-order valence-corrected chi connectivity index (χ2v) is 4.87. The van der Waals surface area contributed by atoms with Crippen molar-refractivity contribution in [3.8, 4) is 0 Å². The number of aryl methyl sites for hydroxylation is 1. The van der Waals surface area contributed by atoms with Crippen molar-refractivity contribution in [2.45, 2.75) is 33.7 Å².